The van der Waals surface area contributed by atoms with Gasteiger partial charge < -0.3 is 15.1 Å². The first-order chi connectivity index (χ1) is 10.4. The first-order valence-electron chi connectivity index (χ1n) is 7.72. The maximum Gasteiger partial charge on any atom is 0.244 e. The Kier molecular flexibility index (Phi) is 7.60. The third kappa shape index (κ3) is 6.26. The molecule has 122 valence electrons. The molecule has 0 radical (unpaired) electrons. The van der Waals surface area contributed by atoms with Gasteiger partial charge in [0.05, 0.1) is 6.54 Å². The molecule has 1 aromatic rings. The Bertz CT molecular complexity index is 500. The topological polar surface area (TPSA) is 52.7 Å². The van der Waals surface area contributed by atoms with Crippen molar-refractivity contribution < 1.29 is 9.59 Å². The van der Waals surface area contributed by atoms with Crippen LogP contribution < -0.4 is 5.32 Å². The average Bonchev–Trinajstić information content (AvgIpc) is 2.46. The molecular weight excluding hydrogens is 278 g/mol. The van der Waals surface area contributed by atoms with E-state index in [2.05, 4.69) is 10.2 Å². The minimum Gasteiger partial charge on any atom is -0.334 e. The van der Waals surface area contributed by atoms with Gasteiger partial charge in [0.15, 0.2) is 0 Å². The highest BCUT2D eigenvalue weighted by Gasteiger charge is 2.14. The molecule has 0 aliphatic carbocycles. The Morgan fingerprint density at radius 3 is 2.41 bits per heavy atom. The highest BCUT2D eigenvalue weighted by molar-refractivity contribution is 5.94. The monoisotopic (exact) mass is 305 g/mol. The van der Waals surface area contributed by atoms with E-state index in [1.165, 1.54) is 6.92 Å². The van der Waals surface area contributed by atoms with Gasteiger partial charge in [0.2, 0.25) is 11.8 Å². The normalized spacial score (nSPS) is 10.6. The van der Waals surface area contributed by atoms with Gasteiger partial charge in [-0.25, -0.2) is 0 Å². The zero-order valence-electron chi connectivity index (χ0n) is 14.1. The fourth-order valence-electron chi connectivity index (χ4n) is 2.24. The van der Waals surface area contributed by atoms with Crippen LogP contribution in [0.5, 0.6) is 0 Å². The van der Waals surface area contributed by atoms with Gasteiger partial charge in [0.1, 0.15) is 0 Å². The molecule has 0 aliphatic heterocycles. The molecule has 2 amide bonds. The maximum absolute atomic E-state index is 12.2. The zero-order chi connectivity index (χ0) is 16.5. The van der Waals surface area contributed by atoms with E-state index >= 15 is 0 Å². The van der Waals surface area contributed by atoms with Crippen LogP contribution in [0, 0.1) is 0 Å². The Hall–Kier alpha value is -1.88. The van der Waals surface area contributed by atoms with Crippen molar-refractivity contribution in [2.24, 2.45) is 0 Å². The minimum atomic E-state index is -0.152. The summed E-state index contributed by atoms with van der Waals surface area (Å²) in [5.41, 5.74) is 1.92. The number of hydrogen-bond donors (Lipinski definition) is 1. The van der Waals surface area contributed by atoms with Crippen molar-refractivity contribution in [3.05, 3.63) is 29.8 Å². The lowest BCUT2D eigenvalue weighted by molar-refractivity contribution is -0.132. The van der Waals surface area contributed by atoms with E-state index in [1.54, 1.807) is 4.90 Å². The molecular formula is C17H27N3O2. The summed E-state index contributed by atoms with van der Waals surface area (Å²) in [7, 11) is 3.99. The van der Waals surface area contributed by atoms with Gasteiger partial charge in [-0.3, -0.25) is 9.59 Å². The third-order valence-corrected chi connectivity index (χ3v) is 3.49. The van der Waals surface area contributed by atoms with Gasteiger partial charge in [0, 0.05) is 19.2 Å². The number of para-hydroxylation sites is 1. The number of anilines is 1. The van der Waals surface area contributed by atoms with Crippen molar-refractivity contribution in [1.29, 1.82) is 0 Å². The van der Waals surface area contributed by atoms with Gasteiger partial charge in [-0.15, -0.1) is 0 Å². The Morgan fingerprint density at radius 1 is 1.14 bits per heavy atom. The van der Waals surface area contributed by atoms with Crippen molar-refractivity contribution in [3.63, 3.8) is 0 Å². The van der Waals surface area contributed by atoms with Crippen LogP contribution >= 0.6 is 0 Å². The first-order valence-corrected chi connectivity index (χ1v) is 7.72. The number of amides is 2. The van der Waals surface area contributed by atoms with Crippen LogP contribution in [-0.2, 0) is 16.0 Å². The number of nitrogens with zero attached hydrogens (tertiary/aromatic N) is 2. The molecule has 0 aromatic heterocycles. The van der Waals surface area contributed by atoms with Crippen molar-refractivity contribution in [1.82, 2.24) is 9.80 Å². The first kappa shape index (κ1) is 18.2. The molecule has 22 heavy (non-hydrogen) atoms. The summed E-state index contributed by atoms with van der Waals surface area (Å²) in [5, 5.41) is 2.90. The van der Waals surface area contributed by atoms with Crippen molar-refractivity contribution in [3.8, 4) is 0 Å². The number of carbonyl (C=O) groups excluding carboxylic acids is 2. The molecule has 0 bridgehead atoms. The second kappa shape index (κ2) is 9.20. The van der Waals surface area contributed by atoms with Gasteiger partial charge in [-0.05, 0) is 45.1 Å². The highest BCUT2D eigenvalue weighted by atomic mass is 16.2. The summed E-state index contributed by atoms with van der Waals surface area (Å²) in [5.74, 6) is -0.223. The van der Waals surface area contributed by atoms with E-state index in [0.717, 1.165) is 30.6 Å². The van der Waals surface area contributed by atoms with E-state index in [9.17, 15) is 9.59 Å². The number of benzene rings is 1. The van der Waals surface area contributed by atoms with Gasteiger partial charge >= 0.3 is 0 Å². The average molecular weight is 305 g/mol. The van der Waals surface area contributed by atoms with Crippen LogP contribution in [0.3, 0.4) is 0 Å². The van der Waals surface area contributed by atoms with E-state index in [0.29, 0.717) is 6.54 Å². The molecule has 1 rings (SSSR count). The Labute approximate surface area is 133 Å². The summed E-state index contributed by atoms with van der Waals surface area (Å²) in [6.45, 7) is 5.14. The molecule has 5 nitrogen and oxygen atoms in total. The molecule has 1 aromatic carbocycles. The summed E-state index contributed by atoms with van der Waals surface area (Å²) < 4.78 is 0. The standard InChI is InChI=1S/C17H27N3O2/c1-5-15-9-6-7-10-16(15)18-17(22)13-20(14(2)21)12-8-11-19(3)4/h6-7,9-10H,5,8,11-13H2,1-4H3,(H,18,22). The molecule has 0 saturated carbocycles. The summed E-state index contributed by atoms with van der Waals surface area (Å²) in [4.78, 5) is 27.5. The predicted molar refractivity (Wildman–Crippen MR) is 89.9 cm³/mol. The Morgan fingerprint density at radius 2 is 1.82 bits per heavy atom. The molecule has 0 atom stereocenters. The molecule has 0 saturated heterocycles. The van der Waals surface area contributed by atoms with Gasteiger partial charge in [-0.1, -0.05) is 25.1 Å². The second-order valence-corrected chi connectivity index (χ2v) is 5.66. The van der Waals surface area contributed by atoms with Crippen LogP contribution in [0.4, 0.5) is 5.69 Å². The van der Waals surface area contributed by atoms with E-state index in [4.69, 9.17) is 0 Å². The molecule has 0 fully saturated rings. The van der Waals surface area contributed by atoms with Crippen LogP contribution in [0.25, 0.3) is 0 Å². The fraction of sp³-hybridized carbons (Fsp3) is 0.529. The van der Waals surface area contributed by atoms with E-state index in [1.807, 2.05) is 45.3 Å². The van der Waals surface area contributed by atoms with Crippen molar-refractivity contribution in [2.45, 2.75) is 26.7 Å². The lowest BCUT2D eigenvalue weighted by Crippen LogP contribution is -2.38. The van der Waals surface area contributed by atoms with Gasteiger partial charge in [-0.2, -0.15) is 0 Å². The second-order valence-electron chi connectivity index (χ2n) is 5.66. The minimum absolute atomic E-state index is 0.0716. The fourth-order valence-corrected chi connectivity index (χ4v) is 2.24. The maximum atomic E-state index is 12.2. The van der Waals surface area contributed by atoms with Crippen LogP contribution in [0.15, 0.2) is 24.3 Å². The largest absolute Gasteiger partial charge is 0.334 e. The quantitative estimate of drug-likeness (QED) is 0.799. The van der Waals surface area contributed by atoms with Gasteiger partial charge in [0.25, 0.3) is 0 Å². The smallest absolute Gasteiger partial charge is 0.244 e. The lowest BCUT2D eigenvalue weighted by Gasteiger charge is -2.22. The number of nitrogens with one attached hydrogen (secondary N) is 1. The number of rotatable bonds is 8. The summed E-state index contributed by atoms with van der Waals surface area (Å²) in [6, 6.07) is 7.74. The number of hydrogen-bond acceptors (Lipinski definition) is 3. The Balaban J connectivity index is 2.58. The molecule has 0 spiro atoms. The lowest BCUT2D eigenvalue weighted by atomic mass is 10.1. The number of aryl methyl sites for hydroxylation is 1. The summed E-state index contributed by atoms with van der Waals surface area (Å²) in [6.07, 6.45) is 1.71. The van der Waals surface area contributed by atoms with Crippen molar-refractivity contribution >= 4 is 17.5 Å². The SMILES string of the molecule is CCc1ccccc1NC(=O)CN(CCCN(C)C)C(C)=O. The van der Waals surface area contributed by atoms with Crippen molar-refractivity contribution in [2.75, 3.05) is 39.0 Å². The van der Waals surface area contributed by atoms with E-state index in [-0.39, 0.29) is 18.4 Å². The molecule has 5 heteroatoms. The molecule has 1 N–H and O–H groups in total. The van der Waals surface area contributed by atoms with Crippen LogP contribution in [-0.4, -0.2) is 55.3 Å². The third-order valence-electron chi connectivity index (χ3n) is 3.49. The highest BCUT2D eigenvalue weighted by Crippen LogP contribution is 2.15. The molecule has 0 unspecified atom stereocenters. The molecule has 0 aliphatic rings. The predicted octanol–water partition coefficient (Wildman–Crippen LogP) is 1.99. The summed E-state index contributed by atoms with van der Waals surface area (Å²) >= 11 is 0. The van der Waals surface area contributed by atoms with E-state index < -0.39 is 0 Å². The molecule has 0 heterocycles. The number of carbonyl (C=O) groups is 2. The van der Waals surface area contributed by atoms with Crippen LogP contribution in [0.1, 0.15) is 25.8 Å². The zero-order valence-corrected chi connectivity index (χ0v) is 14.1. The van der Waals surface area contributed by atoms with Crippen LogP contribution in [0.2, 0.25) is 0 Å².